The predicted molar refractivity (Wildman–Crippen MR) is 69.8 cm³/mol. The highest BCUT2D eigenvalue weighted by atomic mass is 32.2. The highest BCUT2D eigenvalue weighted by Gasteiger charge is 2.03. The highest BCUT2D eigenvalue weighted by Crippen LogP contribution is 2.25. The Hall–Kier alpha value is -1.33. The summed E-state index contributed by atoms with van der Waals surface area (Å²) < 4.78 is 0. The molecule has 3 nitrogen and oxygen atoms in total. The van der Waals surface area contributed by atoms with Crippen molar-refractivity contribution in [3.05, 3.63) is 45.9 Å². The number of thiazole rings is 1. The summed E-state index contributed by atoms with van der Waals surface area (Å²) in [6.07, 6.45) is 1.89. The fraction of sp³-hybridized carbons (Fsp3) is 0.167. The van der Waals surface area contributed by atoms with Gasteiger partial charge in [0, 0.05) is 21.7 Å². The molecule has 1 heterocycles. The first kappa shape index (κ1) is 12.1. The van der Waals surface area contributed by atoms with Gasteiger partial charge in [0.25, 0.3) is 0 Å². The van der Waals surface area contributed by atoms with Gasteiger partial charge in [0.05, 0.1) is 10.6 Å². The normalized spacial score (nSPS) is 10.4. The molecule has 2 rings (SSSR count). The zero-order valence-corrected chi connectivity index (χ0v) is 10.8. The summed E-state index contributed by atoms with van der Waals surface area (Å²) in [6.45, 7) is 1.99. The Kier molecular flexibility index (Phi) is 3.81. The molecule has 0 unspecified atom stereocenters. The van der Waals surface area contributed by atoms with Crippen LogP contribution in [-0.2, 0) is 5.75 Å². The summed E-state index contributed by atoms with van der Waals surface area (Å²) in [5, 5.41) is 9.84. The van der Waals surface area contributed by atoms with Gasteiger partial charge in [0.2, 0.25) is 0 Å². The zero-order chi connectivity index (χ0) is 12.3. The second kappa shape index (κ2) is 5.33. The summed E-state index contributed by atoms with van der Waals surface area (Å²) in [5.74, 6) is -0.0163. The molecule has 0 radical (unpaired) electrons. The first-order valence-electron chi connectivity index (χ1n) is 5.02. The molecule has 0 aliphatic rings. The van der Waals surface area contributed by atoms with Crippen LogP contribution in [0.2, 0.25) is 0 Å². The fourth-order valence-electron chi connectivity index (χ4n) is 1.32. The van der Waals surface area contributed by atoms with E-state index in [-0.39, 0.29) is 0 Å². The first-order chi connectivity index (χ1) is 8.15. The second-order valence-corrected chi connectivity index (χ2v) is 5.83. The van der Waals surface area contributed by atoms with E-state index in [1.807, 2.05) is 25.3 Å². The van der Waals surface area contributed by atoms with Crippen molar-refractivity contribution in [3.63, 3.8) is 0 Å². The monoisotopic (exact) mass is 265 g/mol. The Labute approximate surface area is 108 Å². The van der Waals surface area contributed by atoms with E-state index in [2.05, 4.69) is 4.98 Å². The fourth-order valence-corrected chi connectivity index (χ4v) is 3.03. The average Bonchev–Trinajstić information content (AvgIpc) is 2.73. The van der Waals surface area contributed by atoms with Crippen molar-refractivity contribution in [2.75, 3.05) is 0 Å². The third kappa shape index (κ3) is 3.31. The van der Waals surface area contributed by atoms with Crippen LogP contribution in [0.4, 0.5) is 0 Å². The van der Waals surface area contributed by atoms with Gasteiger partial charge in [0.15, 0.2) is 0 Å². The topological polar surface area (TPSA) is 50.2 Å². The molecule has 1 N–H and O–H groups in total. The number of nitrogens with zero attached hydrogens (tertiary/aromatic N) is 1. The lowest BCUT2D eigenvalue weighted by atomic mass is 10.2. The second-order valence-electron chi connectivity index (χ2n) is 3.46. The van der Waals surface area contributed by atoms with Crippen molar-refractivity contribution >= 4 is 29.1 Å². The number of aromatic nitrogens is 1. The van der Waals surface area contributed by atoms with E-state index in [9.17, 15) is 4.79 Å². The number of thioether (sulfide) groups is 1. The summed E-state index contributed by atoms with van der Waals surface area (Å²) in [7, 11) is 0. The first-order valence-corrected chi connectivity index (χ1v) is 6.83. The van der Waals surface area contributed by atoms with Crippen LogP contribution in [0.25, 0.3) is 0 Å². The van der Waals surface area contributed by atoms with E-state index in [0.29, 0.717) is 5.56 Å². The molecular weight excluding hydrogens is 254 g/mol. The van der Waals surface area contributed by atoms with Crippen LogP contribution >= 0.6 is 23.1 Å². The van der Waals surface area contributed by atoms with Gasteiger partial charge in [-0.25, -0.2) is 9.78 Å². The van der Waals surface area contributed by atoms with Crippen LogP contribution in [0.3, 0.4) is 0 Å². The zero-order valence-electron chi connectivity index (χ0n) is 9.21. The number of aryl methyl sites for hydroxylation is 1. The van der Waals surface area contributed by atoms with E-state index >= 15 is 0 Å². The summed E-state index contributed by atoms with van der Waals surface area (Å²) in [6, 6.07) is 6.93. The molecule has 0 aliphatic carbocycles. The molecule has 1 aromatic carbocycles. The maximum atomic E-state index is 10.7. The maximum Gasteiger partial charge on any atom is 0.335 e. The smallest absolute Gasteiger partial charge is 0.335 e. The molecule has 88 valence electrons. The molecule has 0 bridgehead atoms. The predicted octanol–water partition coefficient (Wildman–Crippen LogP) is 3.44. The van der Waals surface area contributed by atoms with E-state index in [1.54, 1.807) is 35.2 Å². The third-order valence-corrected chi connectivity index (χ3v) is 4.31. The molecule has 0 fully saturated rings. The third-order valence-electron chi connectivity index (χ3n) is 2.15. The van der Waals surface area contributed by atoms with E-state index in [0.717, 1.165) is 15.7 Å². The van der Waals surface area contributed by atoms with E-state index in [4.69, 9.17) is 5.11 Å². The Bertz CT molecular complexity index is 520. The van der Waals surface area contributed by atoms with Gasteiger partial charge in [-0.2, -0.15) is 0 Å². The minimum Gasteiger partial charge on any atom is -0.478 e. The standard InChI is InChI=1S/C12H11NO2S2/c1-8-13-6-11(17-8)7-16-10-4-2-9(3-5-10)12(14)15/h2-6H,7H2,1H3,(H,14,15). The lowest BCUT2D eigenvalue weighted by Gasteiger charge is -2.00. The number of aromatic carboxylic acids is 1. The van der Waals surface area contributed by atoms with Crippen LogP contribution in [0, 0.1) is 6.92 Å². The van der Waals surface area contributed by atoms with Gasteiger partial charge in [-0.3, -0.25) is 0 Å². The van der Waals surface area contributed by atoms with Crippen molar-refractivity contribution in [1.29, 1.82) is 0 Å². The van der Waals surface area contributed by atoms with E-state index in [1.165, 1.54) is 4.88 Å². The molecule has 17 heavy (non-hydrogen) atoms. The summed E-state index contributed by atoms with van der Waals surface area (Å²) in [5.41, 5.74) is 0.322. The van der Waals surface area contributed by atoms with Crippen molar-refractivity contribution in [3.8, 4) is 0 Å². The minimum absolute atomic E-state index is 0.322. The van der Waals surface area contributed by atoms with Crippen LogP contribution in [0.1, 0.15) is 20.2 Å². The Balaban J connectivity index is 1.97. The van der Waals surface area contributed by atoms with Gasteiger partial charge in [-0.1, -0.05) is 0 Å². The lowest BCUT2D eigenvalue weighted by Crippen LogP contribution is -1.94. The average molecular weight is 265 g/mol. The lowest BCUT2D eigenvalue weighted by molar-refractivity contribution is 0.0697. The van der Waals surface area contributed by atoms with Crippen LogP contribution in [-0.4, -0.2) is 16.1 Å². The minimum atomic E-state index is -0.889. The quantitative estimate of drug-likeness (QED) is 0.860. The van der Waals surface area contributed by atoms with Gasteiger partial charge >= 0.3 is 5.97 Å². The van der Waals surface area contributed by atoms with E-state index < -0.39 is 5.97 Å². The van der Waals surface area contributed by atoms with Gasteiger partial charge in [0.1, 0.15) is 0 Å². The van der Waals surface area contributed by atoms with Crippen molar-refractivity contribution in [2.24, 2.45) is 0 Å². The molecule has 0 amide bonds. The molecular formula is C12H11NO2S2. The maximum absolute atomic E-state index is 10.7. The molecule has 5 heteroatoms. The summed E-state index contributed by atoms with van der Waals surface area (Å²) >= 11 is 3.37. The van der Waals surface area contributed by atoms with Crippen molar-refractivity contribution < 1.29 is 9.90 Å². The van der Waals surface area contributed by atoms with Gasteiger partial charge < -0.3 is 5.11 Å². The Morgan fingerprint density at radius 1 is 1.41 bits per heavy atom. The number of carbonyl (C=O) groups is 1. The SMILES string of the molecule is Cc1ncc(CSc2ccc(C(=O)O)cc2)s1. The number of rotatable bonds is 4. The highest BCUT2D eigenvalue weighted by molar-refractivity contribution is 7.98. The van der Waals surface area contributed by atoms with Gasteiger partial charge in [-0.15, -0.1) is 23.1 Å². The number of benzene rings is 1. The van der Waals surface area contributed by atoms with Gasteiger partial charge in [-0.05, 0) is 31.2 Å². The molecule has 0 aliphatic heterocycles. The Morgan fingerprint density at radius 2 is 2.12 bits per heavy atom. The molecule has 1 aromatic heterocycles. The summed E-state index contributed by atoms with van der Waals surface area (Å²) in [4.78, 5) is 17.2. The molecule has 0 spiro atoms. The van der Waals surface area contributed by atoms with Crippen molar-refractivity contribution in [2.45, 2.75) is 17.6 Å². The van der Waals surface area contributed by atoms with Crippen LogP contribution in [0.5, 0.6) is 0 Å². The molecule has 2 aromatic rings. The van der Waals surface area contributed by atoms with Crippen LogP contribution in [0.15, 0.2) is 35.4 Å². The molecule has 0 atom stereocenters. The number of hydrogen-bond acceptors (Lipinski definition) is 4. The Morgan fingerprint density at radius 3 is 2.65 bits per heavy atom. The largest absolute Gasteiger partial charge is 0.478 e. The number of carboxylic acid groups (broad SMARTS) is 1. The van der Waals surface area contributed by atoms with Crippen LogP contribution < -0.4 is 0 Å². The molecule has 0 saturated carbocycles. The van der Waals surface area contributed by atoms with Crippen molar-refractivity contribution in [1.82, 2.24) is 4.98 Å². The number of carboxylic acids is 1. The molecule has 0 saturated heterocycles. The number of hydrogen-bond donors (Lipinski definition) is 1.